The van der Waals surface area contributed by atoms with Crippen LogP contribution < -0.4 is 5.32 Å². The van der Waals surface area contributed by atoms with Crippen LogP contribution in [-0.2, 0) is 22.7 Å². The van der Waals surface area contributed by atoms with E-state index in [9.17, 15) is 4.79 Å². The third-order valence-corrected chi connectivity index (χ3v) is 2.56. The monoisotopic (exact) mass is 249 g/mol. The Kier molecular flexibility index (Phi) is 5.86. The van der Waals surface area contributed by atoms with Gasteiger partial charge in [-0.05, 0) is 11.1 Å². The van der Waals surface area contributed by atoms with E-state index in [0.717, 1.165) is 12.1 Å². The second-order valence-electron chi connectivity index (χ2n) is 5.12. The largest absolute Gasteiger partial charge is 0.461 e. The van der Waals surface area contributed by atoms with Crippen LogP contribution in [0.5, 0.6) is 0 Å². The smallest absolute Gasteiger partial charge is 0.308 e. The lowest BCUT2D eigenvalue weighted by Crippen LogP contribution is -2.21. The van der Waals surface area contributed by atoms with Gasteiger partial charge in [0.15, 0.2) is 0 Å². The van der Waals surface area contributed by atoms with E-state index in [-0.39, 0.29) is 11.9 Å². The fourth-order valence-corrected chi connectivity index (χ4v) is 1.47. The zero-order valence-corrected chi connectivity index (χ0v) is 11.7. The Morgan fingerprint density at radius 2 is 1.89 bits per heavy atom. The molecule has 0 aliphatic carbocycles. The maximum Gasteiger partial charge on any atom is 0.308 e. The number of carbonyl (C=O) groups excluding carboxylic acids is 1. The molecule has 0 spiro atoms. The third-order valence-electron chi connectivity index (χ3n) is 2.56. The van der Waals surface area contributed by atoms with E-state index in [0.29, 0.717) is 12.6 Å². The van der Waals surface area contributed by atoms with Crippen LogP contribution in [0.25, 0.3) is 0 Å². The van der Waals surface area contributed by atoms with Gasteiger partial charge in [-0.15, -0.1) is 0 Å². The third kappa shape index (κ3) is 5.32. The summed E-state index contributed by atoms with van der Waals surface area (Å²) in [4.78, 5) is 11.4. The van der Waals surface area contributed by atoms with E-state index in [1.807, 2.05) is 26.0 Å². The molecule has 1 N–H and O–H groups in total. The van der Waals surface area contributed by atoms with Crippen molar-refractivity contribution >= 4 is 5.97 Å². The van der Waals surface area contributed by atoms with Gasteiger partial charge in [0.2, 0.25) is 0 Å². The van der Waals surface area contributed by atoms with Gasteiger partial charge in [0.1, 0.15) is 6.61 Å². The molecule has 0 radical (unpaired) electrons. The van der Waals surface area contributed by atoms with Crippen molar-refractivity contribution in [3.63, 3.8) is 0 Å². The quantitative estimate of drug-likeness (QED) is 0.788. The second-order valence-corrected chi connectivity index (χ2v) is 5.12. The first-order valence-corrected chi connectivity index (χ1v) is 6.47. The van der Waals surface area contributed by atoms with Gasteiger partial charge in [-0.3, -0.25) is 4.79 Å². The van der Waals surface area contributed by atoms with Crippen LogP contribution in [-0.4, -0.2) is 12.0 Å². The zero-order chi connectivity index (χ0) is 13.5. The van der Waals surface area contributed by atoms with Gasteiger partial charge in [-0.25, -0.2) is 0 Å². The van der Waals surface area contributed by atoms with Crippen molar-refractivity contribution < 1.29 is 9.53 Å². The Balaban J connectivity index is 2.51. The SMILES string of the molecule is CC(C)NCc1cccc(COC(=O)C(C)C)c1. The molecule has 1 rings (SSSR count). The van der Waals surface area contributed by atoms with Gasteiger partial charge in [-0.2, -0.15) is 0 Å². The van der Waals surface area contributed by atoms with Crippen molar-refractivity contribution in [1.82, 2.24) is 5.32 Å². The second kappa shape index (κ2) is 7.17. The Hall–Kier alpha value is -1.35. The summed E-state index contributed by atoms with van der Waals surface area (Å²) in [5.41, 5.74) is 2.24. The standard InChI is InChI=1S/C15H23NO2/c1-11(2)15(17)18-10-14-7-5-6-13(8-14)9-16-12(3)4/h5-8,11-12,16H,9-10H2,1-4H3. The molecule has 0 aliphatic rings. The van der Waals surface area contributed by atoms with Gasteiger partial charge < -0.3 is 10.1 Å². The van der Waals surface area contributed by atoms with Crippen LogP contribution in [0.1, 0.15) is 38.8 Å². The molecule has 0 amide bonds. The van der Waals surface area contributed by atoms with Gasteiger partial charge >= 0.3 is 5.97 Å². The fourth-order valence-electron chi connectivity index (χ4n) is 1.47. The Bertz CT molecular complexity index is 386. The maximum atomic E-state index is 11.4. The molecule has 0 atom stereocenters. The number of rotatable bonds is 6. The Morgan fingerprint density at radius 1 is 1.22 bits per heavy atom. The van der Waals surface area contributed by atoms with Gasteiger partial charge in [0.25, 0.3) is 0 Å². The van der Waals surface area contributed by atoms with Crippen molar-refractivity contribution in [2.75, 3.05) is 0 Å². The van der Waals surface area contributed by atoms with Crippen LogP contribution in [0.15, 0.2) is 24.3 Å². The van der Waals surface area contributed by atoms with Crippen LogP contribution >= 0.6 is 0 Å². The van der Waals surface area contributed by atoms with E-state index < -0.39 is 0 Å². The fraction of sp³-hybridized carbons (Fsp3) is 0.533. The molecule has 0 aromatic heterocycles. The topological polar surface area (TPSA) is 38.3 Å². The predicted octanol–water partition coefficient (Wildman–Crippen LogP) is 2.88. The number of carbonyl (C=O) groups is 1. The number of ether oxygens (including phenoxy) is 1. The zero-order valence-electron chi connectivity index (χ0n) is 11.7. The maximum absolute atomic E-state index is 11.4. The molecule has 0 unspecified atom stereocenters. The normalized spacial score (nSPS) is 11.0. The highest BCUT2D eigenvalue weighted by molar-refractivity contribution is 5.71. The molecule has 3 nitrogen and oxygen atoms in total. The highest BCUT2D eigenvalue weighted by Crippen LogP contribution is 2.08. The van der Waals surface area contributed by atoms with E-state index in [1.54, 1.807) is 0 Å². The minimum absolute atomic E-state index is 0.0733. The van der Waals surface area contributed by atoms with Crippen molar-refractivity contribution in [2.45, 2.75) is 46.9 Å². The molecular formula is C15H23NO2. The highest BCUT2D eigenvalue weighted by Gasteiger charge is 2.08. The summed E-state index contributed by atoms with van der Waals surface area (Å²) in [5, 5.41) is 3.36. The van der Waals surface area contributed by atoms with Gasteiger partial charge in [0, 0.05) is 12.6 Å². The summed E-state index contributed by atoms with van der Waals surface area (Å²) in [6.07, 6.45) is 0. The lowest BCUT2D eigenvalue weighted by Gasteiger charge is -2.10. The van der Waals surface area contributed by atoms with E-state index in [2.05, 4.69) is 31.3 Å². The molecule has 3 heteroatoms. The molecule has 18 heavy (non-hydrogen) atoms. The summed E-state index contributed by atoms with van der Waals surface area (Å²) in [6, 6.07) is 8.58. The van der Waals surface area contributed by atoms with Gasteiger partial charge in [-0.1, -0.05) is 52.0 Å². The number of esters is 1. The van der Waals surface area contributed by atoms with Crippen LogP contribution in [0.3, 0.4) is 0 Å². The molecule has 0 saturated heterocycles. The summed E-state index contributed by atoms with van der Waals surface area (Å²) >= 11 is 0. The summed E-state index contributed by atoms with van der Waals surface area (Å²) in [6.45, 7) is 9.11. The van der Waals surface area contributed by atoms with E-state index in [4.69, 9.17) is 4.74 Å². The minimum Gasteiger partial charge on any atom is -0.461 e. The number of benzene rings is 1. The van der Waals surface area contributed by atoms with Crippen LogP contribution in [0.4, 0.5) is 0 Å². The average molecular weight is 249 g/mol. The molecule has 100 valence electrons. The highest BCUT2D eigenvalue weighted by atomic mass is 16.5. The average Bonchev–Trinajstić information content (AvgIpc) is 2.33. The first-order valence-electron chi connectivity index (χ1n) is 6.47. The predicted molar refractivity (Wildman–Crippen MR) is 73.1 cm³/mol. The Labute approximate surface area is 110 Å². The summed E-state index contributed by atoms with van der Waals surface area (Å²) in [5.74, 6) is -0.225. The Morgan fingerprint density at radius 3 is 2.50 bits per heavy atom. The molecule has 1 aromatic rings. The molecule has 0 fully saturated rings. The summed E-state index contributed by atoms with van der Waals surface area (Å²) in [7, 11) is 0. The van der Waals surface area contributed by atoms with E-state index >= 15 is 0 Å². The van der Waals surface area contributed by atoms with Gasteiger partial charge in [0.05, 0.1) is 5.92 Å². The lowest BCUT2D eigenvalue weighted by atomic mass is 10.1. The van der Waals surface area contributed by atoms with Crippen molar-refractivity contribution in [3.8, 4) is 0 Å². The van der Waals surface area contributed by atoms with Crippen molar-refractivity contribution in [3.05, 3.63) is 35.4 Å². The molecule has 0 heterocycles. The van der Waals surface area contributed by atoms with Crippen LogP contribution in [0.2, 0.25) is 0 Å². The van der Waals surface area contributed by atoms with Crippen molar-refractivity contribution in [2.24, 2.45) is 5.92 Å². The minimum atomic E-state index is -0.152. The first-order chi connectivity index (χ1) is 8.49. The molecule has 0 bridgehead atoms. The molecule has 0 saturated carbocycles. The van der Waals surface area contributed by atoms with E-state index in [1.165, 1.54) is 5.56 Å². The van der Waals surface area contributed by atoms with Crippen LogP contribution in [0, 0.1) is 5.92 Å². The summed E-state index contributed by atoms with van der Waals surface area (Å²) < 4.78 is 5.21. The molecule has 1 aromatic carbocycles. The number of hydrogen-bond acceptors (Lipinski definition) is 3. The number of nitrogens with one attached hydrogen (secondary N) is 1. The first kappa shape index (κ1) is 14.7. The lowest BCUT2D eigenvalue weighted by molar-refractivity contribution is -0.148. The molecular weight excluding hydrogens is 226 g/mol. The number of hydrogen-bond donors (Lipinski definition) is 1. The molecule has 0 aliphatic heterocycles. The van der Waals surface area contributed by atoms with Crippen molar-refractivity contribution in [1.29, 1.82) is 0 Å².